The molecule has 0 bridgehead atoms. The SMILES string of the molecule is C=CCN1C(=O)/C(=C/c2ccc(O[C@H](C)CC)c(Br)c2)C(=O)NC1=S. The van der Waals surface area contributed by atoms with Crippen LogP contribution in [-0.4, -0.2) is 34.5 Å². The van der Waals surface area contributed by atoms with Gasteiger partial charge in [-0.3, -0.25) is 19.8 Å². The van der Waals surface area contributed by atoms with Crippen molar-refractivity contribution in [2.75, 3.05) is 6.54 Å². The highest BCUT2D eigenvalue weighted by Gasteiger charge is 2.32. The Morgan fingerprint density at radius 3 is 2.76 bits per heavy atom. The van der Waals surface area contributed by atoms with Gasteiger partial charge in [0.05, 0.1) is 10.6 Å². The number of benzene rings is 1. The van der Waals surface area contributed by atoms with Crippen LogP contribution in [-0.2, 0) is 9.59 Å². The van der Waals surface area contributed by atoms with Crippen molar-refractivity contribution >= 4 is 51.2 Å². The molecule has 1 aromatic rings. The second-order valence-electron chi connectivity index (χ2n) is 5.55. The van der Waals surface area contributed by atoms with Crippen LogP contribution in [0.25, 0.3) is 6.08 Å². The maximum atomic E-state index is 12.5. The first-order chi connectivity index (χ1) is 11.9. The van der Waals surface area contributed by atoms with Crippen LogP contribution in [0.4, 0.5) is 0 Å². The fourth-order valence-corrected chi connectivity index (χ4v) is 2.90. The number of carbonyl (C=O) groups is 2. The summed E-state index contributed by atoms with van der Waals surface area (Å²) in [5.41, 5.74) is 0.728. The number of amides is 2. The summed E-state index contributed by atoms with van der Waals surface area (Å²) < 4.78 is 6.55. The zero-order chi connectivity index (χ0) is 18.6. The minimum absolute atomic E-state index is 0.0259. The Hall–Kier alpha value is -1.99. The van der Waals surface area contributed by atoms with E-state index in [0.29, 0.717) is 11.3 Å². The molecule has 0 spiro atoms. The normalized spacial score (nSPS) is 17.5. The summed E-state index contributed by atoms with van der Waals surface area (Å²) >= 11 is 8.49. The van der Waals surface area contributed by atoms with E-state index in [0.717, 1.165) is 10.9 Å². The Labute approximate surface area is 160 Å². The van der Waals surface area contributed by atoms with Gasteiger partial charge in [0, 0.05) is 6.54 Å². The number of thiocarbonyl (C=S) groups is 1. The number of hydrogen-bond donors (Lipinski definition) is 1. The maximum absolute atomic E-state index is 12.5. The number of carbonyl (C=O) groups excluding carboxylic acids is 2. The Bertz CT molecular complexity index is 761. The molecule has 1 N–H and O–H groups in total. The van der Waals surface area contributed by atoms with E-state index in [4.69, 9.17) is 17.0 Å². The fraction of sp³-hybridized carbons (Fsp3) is 0.278. The molecule has 1 fully saturated rings. The van der Waals surface area contributed by atoms with Gasteiger partial charge in [0.25, 0.3) is 11.8 Å². The molecule has 7 heteroatoms. The zero-order valence-electron chi connectivity index (χ0n) is 14.0. The lowest BCUT2D eigenvalue weighted by Gasteiger charge is -2.27. The number of hydrogen-bond acceptors (Lipinski definition) is 4. The van der Waals surface area contributed by atoms with Crippen LogP contribution in [0, 0.1) is 0 Å². The fourth-order valence-electron chi connectivity index (χ4n) is 2.16. The molecule has 1 saturated heterocycles. The molecular formula is C18H19BrN2O3S. The van der Waals surface area contributed by atoms with Crippen molar-refractivity contribution < 1.29 is 14.3 Å². The Morgan fingerprint density at radius 2 is 2.16 bits per heavy atom. The number of rotatable bonds is 6. The molecule has 0 aromatic heterocycles. The summed E-state index contributed by atoms with van der Waals surface area (Å²) in [7, 11) is 0. The molecule has 2 amide bonds. The van der Waals surface area contributed by atoms with Gasteiger partial charge in [-0.15, -0.1) is 6.58 Å². The minimum Gasteiger partial charge on any atom is -0.490 e. The Morgan fingerprint density at radius 1 is 1.44 bits per heavy atom. The van der Waals surface area contributed by atoms with Crippen LogP contribution in [0.15, 0.2) is 40.9 Å². The molecule has 0 unspecified atom stereocenters. The minimum atomic E-state index is -0.508. The molecular weight excluding hydrogens is 404 g/mol. The van der Waals surface area contributed by atoms with Crippen molar-refractivity contribution in [1.29, 1.82) is 0 Å². The third-order valence-electron chi connectivity index (χ3n) is 3.67. The van der Waals surface area contributed by atoms with Gasteiger partial charge >= 0.3 is 0 Å². The predicted molar refractivity (Wildman–Crippen MR) is 105 cm³/mol. The number of ether oxygens (including phenoxy) is 1. The molecule has 132 valence electrons. The van der Waals surface area contributed by atoms with Crippen LogP contribution in [0.5, 0.6) is 5.75 Å². The third-order valence-corrected chi connectivity index (χ3v) is 4.61. The zero-order valence-corrected chi connectivity index (χ0v) is 16.4. The number of halogens is 1. The maximum Gasteiger partial charge on any atom is 0.265 e. The average molecular weight is 423 g/mol. The molecule has 1 aliphatic rings. The Kier molecular flexibility index (Phi) is 6.50. The van der Waals surface area contributed by atoms with Crippen LogP contribution in [0.3, 0.4) is 0 Å². The predicted octanol–water partition coefficient (Wildman–Crippen LogP) is 3.44. The van der Waals surface area contributed by atoms with E-state index >= 15 is 0 Å². The van der Waals surface area contributed by atoms with Gasteiger partial charge < -0.3 is 4.74 Å². The van der Waals surface area contributed by atoms with Gasteiger partial charge in [0.15, 0.2) is 5.11 Å². The summed E-state index contributed by atoms with van der Waals surface area (Å²) in [6.45, 7) is 7.87. The second kappa shape index (κ2) is 8.40. The standard InChI is InChI=1S/C18H19BrN2O3S/c1-4-8-21-17(23)13(16(22)20-18(21)25)9-12-6-7-15(14(19)10-12)24-11(3)5-2/h4,6-7,9-11H,1,5,8H2,2-3H3,(H,20,22,25)/b13-9+/t11-/m1/s1. The third kappa shape index (κ3) is 4.55. The highest BCUT2D eigenvalue weighted by Crippen LogP contribution is 2.28. The van der Waals surface area contributed by atoms with Crippen LogP contribution < -0.4 is 10.1 Å². The van der Waals surface area contributed by atoms with Gasteiger partial charge in [-0.1, -0.05) is 19.1 Å². The monoisotopic (exact) mass is 422 g/mol. The molecule has 1 aromatic carbocycles. The van der Waals surface area contributed by atoms with Gasteiger partial charge in [-0.2, -0.15) is 0 Å². The van der Waals surface area contributed by atoms with Gasteiger partial charge in [0.1, 0.15) is 11.3 Å². The summed E-state index contributed by atoms with van der Waals surface area (Å²) in [4.78, 5) is 25.9. The van der Waals surface area contributed by atoms with E-state index in [1.54, 1.807) is 24.3 Å². The molecule has 0 aliphatic carbocycles. The van der Waals surface area contributed by atoms with Crippen molar-refractivity contribution in [2.24, 2.45) is 0 Å². The average Bonchev–Trinajstić information content (AvgIpc) is 2.57. The molecule has 1 heterocycles. The Balaban J connectivity index is 2.30. The number of nitrogens with one attached hydrogen (secondary N) is 1. The molecule has 2 rings (SSSR count). The first-order valence-corrected chi connectivity index (χ1v) is 9.03. The second-order valence-corrected chi connectivity index (χ2v) is 6.79. The van der Waals surface area contributed by atoms with E-state index in [9.17, 15) is 9.59 Å². The van der Waals surface area contributed by atoms with E-state index in [1.165, 1.54) is 11.0 Å². The topological polar surface area (TPSA) is 58.6 Å². The highest BCUT2D eigenvalue weighted by molar-refractivity contribution is 9.10. The summed E-state index contributed by atoms with van der Waals surface area (Å²) in [6.07, 6.45) is 4.08. The van der Waals surface area contributed by atoms with Crippen molar-refractivity contribution in [3.05, 3.63) is 46.5 Å². The van der Waals surface area contributed by atoms with Crippen LogP contribution in [0.1, 0.15) is 25.8 Å². The van der Waals surface area contributed by atoms with E-state index in [-0.39, 0.29) is 23.3 Å². The van der Waals surface area contributed by atoms with Crippen molar-refractivity contribution in [3.8, 4) is 5.75 Å². The lowest BCUT2D eigenvalue weighted by molar-refractivity contribution is -0.128. The van der Waals surface area contributed by atoms with E-state index in [2.05, 4.69) is 27.8 Å². The van der Waals surface area contributed by atoms with E-state index < -0.39 is 11.8 Å². The molecule has 0 saturated carbocycles. The highest BCUT2D eigenvalue weighted by atomic mass is 79.9. The molecule has 1 atom stereocenters. The van der Waals surface area contributed by atoms with Crippen LogP contribution in [0.2, 0.25) is 0 Å². The first-order valence-electron chi connectivity index (χ1n) is 7.83. The van der Waals surface area contributed by atoms with Crippen molar-refractivity contribution in [1.82, 2.24) is 10.2 Å². The largest absolute Gasteiger partial charge is 0.490 e. The van der Waals surface area contributed by atoms with Crippen molar-refractivity contribution in [2.45, 2.75) is 26.4 Å². The summed E-state index contributed by atoms with van der Waals surface area (Å²) in [6, 6.07) is 5.40. The molecule has 5 nitrogen and oxygen atoms in total. The first kappa shape index (κ1) is 19.3. The lowest BCUT2D eigenvalue weighted by atomic mass is 10.1. The van der Waals surface area contributed by atoms with Gasteiger partial charge in [0.2, 0.25) is 0 Å². The molecule has 1 aliphatic heterocycles. The smallest absolute Gasteiger partial charge is 0.265 e. The van der Waals surface area contributed by atoms with Gasteiger partial charge in [-0.25, -0.2) is 0 Å². The van der Waals surface area contributed by atoms with Crippen molar-refractivity contribution in [3.63, 3.8) is 0 Å². The van der Waals surface area contributed by atoms with E-state index in [1.807, 2.05) is 13.8 Å². The molecule has 25 heavy (non-hydrogen) atoms. The lowest BCUT2D eigenvalue weighted by Crippen LogP contribution is -2.53. The summed E-state index contributed by atoms with van der Waals surface area (Å²) in [5, 5.41) is 2.61. The number of nitrogens with zero attached hydrogens (tertiary/aromatic N) is 1. The van der Waals surface area contributed by atoms with Gasteiger partial charge in [-0.05, 0) is 65.3 Å². The quantitative estimate of drug-likeness (QED) is 0.330. The molecule has 0 radical (unpaired) electrons. The summed E-state index contributed by atoms with van der Waals surface area (Å²) in [5.74, 6) is -0.235. The van der Waals surface area contributed by atoms with Crippen LogP contribution >= 0.6 is 28.1 Å².